The first-order valence-electron chi connectivity index (χ1n) is 10.6. The molecular formula is C27H29NO3. The van der Waals surface area contributed by atoms with Gasteiger partial charge in [0.15, 0.2) is 5.78 Å². The van der Waals surface area contributed by atoms with Crippen LogP contribution in [0.2, 0.25) is 0 Å². The van der Waals surface area contributed by atoms with Crippen LogP contribution in [0.25, 0.3) is 0 Å². The van der Waals surface area contributed by atoms with Gasteiger partial charge in [0.05, 0.1) is 5.92 Å². The fraction of sp³-hybridized carbons (Fsp3) is 0.259. The summed E-state index contributed by atoms with van der Waals surface area (Å²) in [6, 6.07) is 21.6. The monoisotopic (exact) mass is 415 g/mol. The number of carbonyl (C=O) groups is 2. The highest BCUT2D eigenvalue weighted by Gasteiger charge is 2.28. The quantitative estimate of drug-likeness (QED) is 0.487. The van der Waals surface area contributed by atoms with Gasteiger partial charge in [-0.2, -0.15) is 0 Å². The number of hydrogen-bond acceptors (Lipinski definition) is 3. The Labute approximate surface area is 184 Å². The summed E-state index contributed by atoms with van der Waals surface area (Å²) >= 11 is 0. The zero-order chi connectivity index (χ0) is 22.4. The Kier molecular flexibility index (Phi) is 7.37. The van der Waals surface area contributed by atoms with Gasteiger partial charge in [0.2, 0.25) is 5.91 Å². The number of anilines is 1. The molecule has 0 aliphatic carbocycles. The minimum Gasteiger partial charge on any atom is -0.372 e. The average molecular weight is 416 g/mol. The van der Waals surface area contributed by atoms with Crippen LogP contribution in [0.3, 0.4) is 0 Å². The highest BCUT2D eigenvalue weighted by atomic mass is 16.5. The van der Waals surface area contributed by atoms with E-state index in [0.29, 0.717) is 17.9 Å². The van der Waals surface area contributed by atoms with Gasteiger partial charge in [0.25, 0.3) is 0 Å². The van der Waals surface area contributed by atoms with E-state index < -0.39 is 5.92 Å². The molecule has 0 radical (unpaired) electrons. The second-order valence-electron chi connectivity index (χ2n) is 7.69. The summed E-state index contributed by atoms with van der Waals surface area (Å²) in [5.41, 5.74) is 5.82. The molecule has 31 heavy (non-hydrogen) atoms. The van der Waals surface area contributed by atoms with Gasteiger partial charge in [-0.3, -0.25) is 9.59 Å². The van der Waals surface area contributed by atoms with Crippen molar-refractivity contribution >= 4 is 17.4 Å². The number of benzene rings is 3. The molecule has 0 aliphatic rings. The van der Waals surface area contributed by atoms with Crippen LogP contribution in [0.5, 0.6) is 0 Å². The van der Waals surface area contributed by atoms with E-state index in [-0.39, 0.29) is 18.3 Å². The molecule has 0 saturated carbocycles. The van der Waals surface area contributed by atoms with E-state index in [9.17, 15) is 9.59 Å². The molecule has 0 spiro atoms. The number of amides is 1. The van der Waals surface area contributed by atoms with Crippen molar-refractivity contribution in [2.45, 2.75) is 33.6 Å². The minimum absolute atomic E-state index is 0.0107. The number of Topliss-reactive ketones (excluding diaryl/α,β-unsaturated/α-hetero) is 1. The molecule has 1 N–H and O–H groups in total. The Morgan fingerprint density at radius 1 is 0.871 bits per heavy atom. The molecule has 0 aliphatic heterocycles. The molecule has 0 fully saturated rings. The van der Waals surface area contributed by atoms with Crippen LogP contribution < -0.4 is 5.32 Å². The highest BCUT2D eigenvalue weighted by Crippen LogP contribution is 2.34. The second-order valence-corrected chi connectivity index (χ2v) is 7.69. The Balaban J connectivity index is 2.08. The molecule has 0 heterocycles. The maximum absolute atomic E-state index is 14.0. The fourth-order valence-corrected chi connectivity index (χ4v) is 4.06. The molecule has 3 aromatic rings. The average Bonchev–Trinajstić information content (AvgIpc) is 2.77. The van der Waals surface area contributed by atoms with Crippen LogP contribution in [0, 0.1) is 20.8 Å². The molecule has 0 saturated heterocycles. The van der Waals surface area contributed by atoms with Gasteiger partial charge < -0.3 is 10.1 Å². The molecule has 4 heteroatoms. The Morgan fingerprint density at radius 3 is 1.94 bits per heavy atom. The summed E-state index contributed by atoms with van der Waals surface area (Å²) in [6.07, 6.45) is 0. The molecule has 0 unspecified atom stereocenters. The normalized spacial score (nSPS) is 10.9. The zero-order valence-corrected chi connectivity index (χ0v) is 18.6. The lowest BCUT2D eigenvalue weighted by molar-refractivity contribution is -0.120. The lowest BCUT2D eigenvalue weighted by Crippen LogP contribution is -2.22. The van der Waals surface area contributed by atoms with E-state index in [1.165, 1.54) is 0 Å². The highest BCUT2D eigenvalue weighted by molar-refractivity contribution is 6.07. The smallest absolute Gasteiger partial charge is 0.250 e. The Hall–Kier alpha value is -3.24. The van der Waals surface area contributed by atoms with Crippen molar-refractivity contribution in [3.8, 4) is 0 Å². The van der Waals surface area contributed by atoms with Crippen LogP contribution in [0.4, 0.5) is 5.69 Å². The van der Waals surface area contributed by atoms with Crippen molar-refractivity contribution < 1.29 is 14.3 Å². The van der Waals surface area contributed by atoms with E-state index >= 15 is 0 Å². The van der Waals surface area contributed by atoms with Crippen LogP contribution in [0.15, 0.2) is 66.7 Å². The standard InChI is InChI=1S/C27H29NO3/c1-5-31-17-23(29)28-26-19(3)16-18(2)24(20(26)4)27(30)25(21-12-8-6-9-13-21)22-14-10-7-11-15-22/h6-16,25H,5,17H2,1-4H3,(H,28,29). The first-order valence-corrected chi connectivity index (χ1v) is 10.6. The van der Waals surface area contributed by atoms with Crippen molar-refractivity contribution in [1.29, 1.82) is 0 Å². The van der Waals surface area contributed by atoms with Gasteiger partial charge in [0.1, 0.15) is 6.61 Å². The summed E-state index contributed by atoms with van der Waals surface area (Å²) < 4.78 is 5.22. The number of rotatable bonds is 8. The zero-order valence-electron chi connectivity index (χ0n) is 18.6. The largest absolute Gasteiger partial charge is 0.372 e. The number of nitrogens with one attached hydrogen (secondary N) is 1. The van der Waals surface area contributed by atoms with Crippen LogP contribution in [-0.4, -0.2) is 24.9 Å². The molecule has 0 bridgehead atoms. The van der Waals surface area contributed by atoms with Gasteiger partial charge in [-0.25, -0.2) is 0 Å². The molecule has 0 aromatic heterocycles. The molecule has 4 nitrogen and oxygen atoms in total. The minimum atomic E-state index is -0.422. The number of carbonyl (C=O) groups excluding carboxylic acids is 2. The van der Waals surface area contributed by atoms with Gasteiger partial charge in [-0.05, 0) is 55.5 Å². The number of aryl methyl sites for hydroxylation is 2. The van der Waals surface area contributed by atoms with E-state index in [1.807, 2.05) is 94.4 Å². The van der Waals surface area contributed by atoms with E-state index in [1.54, 1.807) is 0 Å². The fourth-order valence-electron chi connectivity index (χ4n) is 4.06. The summed E-state index contributed by atoms with van der Waals surface area (Å²) in [5, 5.41) is 2.94. The SMILES string of the molecule is CCOCC(=O)Nc1c(C)cc(C)c(C(=O)C(c2ccccc2)c2ccccc2)c1C. The van der Waals surface area contributed by atoms with E-state index in [0.717, 1.165) is 27.8 Å². The van der Waals surface area contributed by atoms with Crippen molar-refractivity contribution in [1.82, 2.24) is 0 Å². The predicted octanol–water partition coefficient (Wildman–Crippen LogP) is 5.60. The maximum atomic E-state index is 14.0. The van der Waals surface area contributed by atoms with Crippen LogP contribution in [-0.2, 0) is 9.53 Å². The van der Waals surface area contributed by atoms with Gasteiger partial charge >= 0.3 is 0 Å². The van der Waals surface area contributed by atoms with Crippen molar-refractivity contribution in [3.05, 3.63) is 100 Å². The Bertz CT molecular complexity index is 1020. The molecular weight excluding hydrogens is 386 g/mol. The molecule has 1 amide bonds. The summed E-state index contributed by atoms with van der Waals surface area (Å²) in [4.78, 5) is 26.3. The predicted molar refractivity (Wildman–Crippen MR) is 125 cm³/mol. The lowest BCUT2D eigenvalue weighted by Gasteiger charge is -2.22. The lowest BCUT2D eigenvalue weighted by atomic mass is 9.81. The molecule has 3 rings (SSSR count). The Morgan fingerprint density at radius 2 is 1.42 bits per heavy atom. The summed E-state index contributed by atoms with van der Waals surface area (Å²) in [5.74, 6) is -0.625. The molecule has 160 valence electrons. The van der Waals surface area contributed by atoms with E-state index in [2.05, 4.69) is 5.32 Å². The third-order valence-corrected chi connectivity index (χ3v) is 5.45. The third-order valence-electron chi connectivity index (χ3n) is 5.45. The second kappa shape index (κ2) is 10.2. The molecule has 3 aromatic carbocycles. The first kappa shape index (κ1) is 22.4. The number of ether oxygens (including phenoxy) is 1. The first-order chi connectivity index (χ1) is 14.9. The van der Waals surface area contributed by atoms with Crippen molar-refractivity contribution in [2.75, 3.05) is 18.5 Å². The van der Waals surface area contributed by atoms with Crippen LogP contribution >= 0.6 is 0 Å². The number of ketones is 1. The third kappa shape index (κ3) is 5.09. The van der Waals surface area contributed by atoms with Gasteiger partial charge in [-0.1, -0.05) is 66.7 Å². The van der Waals surface area contributed by atoms with Crippen LogP contribution in [0.1, 0.15) is 51.0 Å². The topological polar surface area (TPSA) is 55.4 Å². The van der Waals surface area contributed by atoms with Crippen molar-refractivity contribution in [3.63, 3.8) is 0 Å². The maximum Gasteiger partial charge on any atom is 0.250 e. The van der Waals surface area contributed by atoms with E-state index in [4.69, 9.17) is 4.74 Å². The summed E-state index contributed by atoms with van der Waals surface area (Å²) in [7, 11) is 0. The van der Waals surface area contributed by atoms with Gasteiger partial charge in [-0.15, -0.1) is 0 Å². The summed E-state index contributed by atoms with van der Waals surface area (Å²) in [6.45, 7) is 8.10. The number of hydrogen-bond donors (Lipinski definition) is 1. The van der Waals surface area contributed by atoms with Gasteiger partial charge in [0, 0.05) is 17.9 Å². The molecule has 0 atom stereocenters. The van der Waals surface area contributed by atoms with Crippen molar-refractivity contribution in [2.24, 2.45) is 0 Å².